The standard InChI is InChI=1S/C14H17N3/c15-9-12-8-11(3-6-14(12)17)7-10-1-4-13(16)5-2-10/h1-6,8H,7,9,15-17H2. The van der Waals surface area contributed by atoms with Crippen LogP contribution in [0.5, 0.6) is 0 Å². The second-order valence-corrected chi connectivity index (χ2v) is 4.16. The summed E-state index contributed by atoms with van der Waals surface area (Å²) in [7, 11) is 0. The van der Waals surface area contributed by atoms with Gasteiger partial charge < -0.3 is 17.2 Å². The summed E-state index contributed by atoms with van der Waals surface area (Å²) < 4.78 is 0. The maximum Gasteiger partial charge on any atom is 0.0359 e. The Bertz CT molecular complexity index is 503. The fourth-order valence-electron chi connectivity index (χ4n) is 1.82. The van der Waals surface area contributed by atoms with Gasteiger partial charge in [-0.25, -0.2) is 0 Å². The lowest BCUT2D eigenvalue weighted by Gasteiger charge is -2.07. The van der Waals surface area contributed by atoms with Gasteiger partial charge >= 0.3 is 0 Å². The molecule has 0 heterocycles. The van der Waals surface area contributed by atoms with E-state index < -0.39 is 0 Å². The fraction of sp³-hybridized carbons (Fsp3) is 0.143. The van der Waals surface area contributed by atoms with Crippen LogP contribution in [0.25, 0.3) is 0 Å². The molecule has 3 nitrogen and oxygen atoms in total. The Morgan fingerprint density at radius 3 is 2.12 bits per heavy atom. The maximum atomic E-state index is 5.82. The highest BCUT2D eigenvalue weighted by Gasteiger charge is 2.01. The van der Waals surface area contributed by atoms with Crippen LogP contribution in [0.2, 0.25) is 0 Å². The summed E-state index contributed by atoms with van der Waals surface area (Å²) in [6.45, 7) is 0.474. The first-order chi connectivity index (χ1) is 8.19. The Morgan fingerprint density at radius 1 is 0.824 bits per heavy atom. The van der Waals surface area contributed by atoms with Crippen LogP contribution in [0.15, 0.2) is 42.5 Å². The van der Waals surface area contributed by atoms with Crippen molar-refractivity contribution in [2.75, 3.05) is 11.5 Å². The maximum absolute atomic E-state index is 5.82. The molecule has 0 spiro atoms. The van der Waals surface area contributed by atoms with Crippen LogP contribution >= 0.6 is 0 Å². The van der Waals surface area contributed by atoms with Gasteiger partial charge in [-0.2, -0.15) is 0 Å². The van der Waals surface area contributed by atoms with Crippen molar-refractivity contribution in [3.8, 4) is 0 Å². The molecule has 2 rings (SSSR count). The van der Waals surface area contributed by atoms with Crippen molar-refractivity contribution in [2.24, 2.45) is 5.73 Å². The average Bonchev–Trinajstić information content (AvgIpc) is 2.34. The molecule has 0 saturated carbocycles. The van der Waals surface area contributed by atoms with Gasteiger partial charge in [0.05, 0.1) is 0 Å². The Morgan fingerprint density at radius 2 is 1.47 bits per heavy atom. The van der Waals surface area contributed by atoms with E-state index in [1.54, 1.807) is 0 Å². The molecule has 0 radical (unpaired) electrons. The molecule has 0 aliphatic carbocycles. The summed E-state index contributed by atoms with van der Waals surface area (Å²) in [6.07, 6.45) is 0.869. The summed E-state index contributed by atoms with van der Waals surface area (Å²) in [5, 5.41) is 0. The SMILES string of the molecule is NCc1cc(Cc2ccc(N)cc2)ccc1N. The molecule has 0 bridgehead atoms. The topological polar surface area (TPSA) is 78.1 Å². The summed E-state index contributed by atoms with van der Waals surface area (Å²) >= 11 is 0. The van der Waals surface area contributed by atoms with Crippen LogP contribution in [0.3, 0.4) is 0 Å². The van der Waals surface area contributed by atoms with Gasteiger partial charge in [0.15, 0.2) is 0 Å². The van der Waals surface area contributed by atoms with E-state index in [-0.39, 0.29) is 0 Å². The van der Waals surface area contributed by atoms with Gasteiger partial charge in [-0.3, -0.25) is 0 Å². The zero-order valence-corrected chi connectivity index (χ0v) is 9.69. The van der Waals surface area contributed by atoms with Gasteiger partial charge in [-0.1, -0.05) is 24.3 Å². The second kappa shape index (κ2) is 4.89. The van der Waals surface area contributed by atoms with E-state index in [2.05, 4.69) is 6.07 Å². The number of nitrogen functional groups attached to an aromatic ring is 2. The summed E-state index contributed by atoms with van der Waals surface area (Å²) in [5.74, 6) is 0. The van der Waals surface area contributed by atoms with E-state index in [1.807, 2.05) is 36.4 Å². The van der Waals surface area contributed by atoms with Crippen LogP contribution in [-0.4, -0.2) is 0 Å². The Kier molecular flexibility index (Phi) is 3.30. The van der Waals surface area contributed by atoms with Gasteiger partial charge in [0.2, 0.25) is 0 Å². The summed E-state index contributed by atoms with van der Waals surface area (Å²) in [5.41, 5.74) is 22.1. The van der Waals surface area contributed by atoms with Crippen molar-refractivity contribution in [3.05, 3.63) is 59.2 Å². The molecular weight excluding hydrogens is 210 g/mol. The lowest BCUT2D eigenvalue weighted by molar-refractivity contribution is 1.06. The molecular formula is C14H17N3. The van der Waals surface area contributed by atoms with Gasteiger partial charge in [0.1, 0.15) is 0 Å². The number of benzene rings is 2. The molecule has 0 aromatic heterocycles. The second-order valence-electron chi connectivity index (χ2n) is 4.16. The van der Waals surface area contributed by atoms with Crippen molar-refractivity contribution in [1.82, 2.24) is 0 Å². The van der Waals surface area contributed by atoms with E-state index in [9.17, 15) is 0 Å². The molecule has 17 heavy (non-hydrogen) atoms. The predicted octanol–water partition coefficient (Wildman–Crippen LogP) is 1.90. The minimum atomic E-state index is 0.474. The zero-order valence-electron chi connectivity index (χ0n) is 9.69. The molecule has 3 heteroatoms. The van der Waals surface area contributed by atoms with Gasteiger partial charge in [-0.15, -0.1) is 0 Å². The van der Waals surface area contributed by atoms with Crippen molar-refractivity contribution in [3.63, 3.8) is 0 Å². The normalized spacial score (nSPS) is 10.4. The van der Waals surface area contributed by atoms with E-state index in [1.165, 1.54) is 11.1 Å². The summed E-state index contributed by atoms with van der Waals surface area (Å²) in [4.78, 5) is 0. The monoisotopic (exact) mass is 227 g/mol. The van der Waals surface area contributed by atoms with Gasteiger partial charge in [0.25, 0.3) is 0 Å². The van der Waals surface area contributed by atoms with Gasteiger partial charge in [-0.05, 0) is 41.3 Å². The molecule has 88 valence electrons. The molecule has 2 aromatic carbocycles. The van der Waals surface area contributed by atoms with Crippen LogP contribution in [0.4, 0.5) is 11.4 Å². The zero-order chi connectivity index (χ0) is 12.3. The number of anilines is 2. The van der Waals surface area contributed by atoms with E-state index in [0.29, 0.717) is 6.54 Å². The van der Waals surface area contributed by atoms with Crippen molar-refractivity contribution in [2.45, 2.75) is 13.0 Å². The third-order valence-electron chi connectivity index (χ3n) is 2.82. The molecule has 0 aliphatic heterocycles. The molecule has 0 unspecified atom stereocenters. The molecule has 0 fully saturated rings. The summed E-state index contributed by atoms with van der Waals surface area (Å²) in [6, 6.07) is 13.9. The molecule has 2 aromatic rings. The smallest absolute Gasteiger partial charge is 0.0359 e. The Labute approximate surface area is 101 Å². The van der Waals surface area contributed by atoms with Crippen molar-refractivity contribution < 1.29 is 0 Å². The van der Waals surface area contributed by atoms with E-state index in [0.717, 1.165) is 23.4 Å². The highest BCUT2D eigenvalue weighted by Crippen LogP contribution is 2.17. The predicted molar refractivity (Wildman–Crippen MR) is 72.4 cm³/mol. The van der Waals surface area contributed by atoms with Crippen LogP contribution < -0.4 is 17.2 Å². The minimum Gasteiger partial charge on any atom is -0.399 e. The average molecular weight is 227 g/mol. The Hall–Kier alpha value is -2.00. The molecule has 0 saturated heterocycles. The van der Waals surface area contributed by atoms with Crippen LogP contribution in [0, 0.1) is 0 Å². The molecule has 0 atom stereocenters. The molecule has 0 amide bonds. The number of nitrogens with two attached hydrogens (primary N) is 3. The largest absolute Gasteiger partial charge is 0.399 e. The van der Waals surface area contributed by atoms with Gasteiger partial charge in [0, 0.05) is 17.9 Å². The third kappa shape index (κ3) is 2.77. The first-order valence-corrected chi connectivity index (χ1v) is 5.61. The highest BCUT2D eigenvalue weighted by molar-refractivity contribution is 5.49. The van der Waals surface area contributed by atoms with Crippen LogP contribution in [0.1, 0.15) is 16.7 Å². The van der Waals surface area contributed by atoms with E-state index in [4.69, 9.17) is 17.2 Å². The van der Waals surface area contributed by atoms with Crippen molar-refractivity contribution in [1.29, 1.82) is 0 Å². The number of hydrogen-bond acceptors (Lipinski definition) is 3. The first-order valence-electron chi connectivity index (χ1n) is 5.61. The molecule has 6 N–H and O–H groups in total. The molecule has 0 aliphatic rings. The first kappa shape index (κ1) is 11.5. The lowest BCUT2D eigenvalue weighted by atomic mass is 10.0. The highest BCUT2D eigenvalue weighted by atomic mass is 14.6. The lowest BCUT2D eigenvalue weighted by Crippen LogP contribution is -2.02. The van der Waals surface area contributed by atoms with Crippen molar-refractivity contribution >= 4 is 11.4 Å². The number of rotatable bonds is 3. The fourth-order valence-corrected chi connectivity index (χ4v) is 1.82. The number of hydrogen-bond donors (Lipinski definition) is 3. The van der Waals surface area contributed by atoms with Crippen LogP contribution in [-0.2, 0) is 13.0 Å². The quantitative estimate of drug-likeness (QED) is 0.701. The Balaban J connectivity index is 2.21. The minimum absolute atomic E-state index is 0.474. The van der Waals surface area contributed by atoms with E-state index >= 15 is 0 Å². The third-order valence-corrected chi connectivity index (χ3v) is 2.82.